The molecule has 9 heavy (non-hydrogen) atoms. The van der Waals surface area contributed by atoms with Crippen LogP contribution >= 0.6 is 22.9 Å². The van der Waals surface area contributed by atoms with Crippen LogP contribution in [0.1, 0.15) is 6.42 Å². The van der Waals surface area contributed by atoms with Crippen LogP contribution in [-0.4, -0.2) is 33.6 Å². The Morgan fingerprint density at radius 1 is 1.67 bits per heavy atom. The van der Waals surface area contributed by atoms with Gasteiger partial charge in [-0.1, -0.05) is 0 Å². The number of halogens is 2. The minimum Gasteiger partial charge on any atom is -0.389 e. The van der Waals surface area contributed by atoms with Gasteiger partial charge in [-0.3, -0.25) is 0 Å². The van der Waals surface area contributed by atoms with E-state index in [1.54, 1.807) is 0 Å². The zero-order chi connectivity index (χ0) is 6.85. The molecule has 0 aliphatic carbocycles. The second-order valence-electron chi connectivity index (χ2n) is 2.24. The Kier molecular flexibility index (Phi) is 2.66. The minimum absolute atomic E-state index is 0.460. The molecule has 0 saturated carbocycles. The van der Waals surface area contributed by atoms with E-state index in [1.165, 1.54) is 0 Å². The summed E-state index contributed by atoms with van der Waals surface area (Å²) in [7, 11) is 0. The van der Waals surface area contributed by atoms with E-state index in [4.69, 9.17) is 5.11 Å². The molecule has 0 radical (unpaired) electrons. The van der Waals surface area contributed by atoms with Gasteiger partial charge in [0.05, 0.1) is 6.10 Å². The first-order valence-electron chi connectivity index (χ1n) is 2.93. The Morgan fingerprint density at radius 3 is 2.78 bits per heavy atom. The van der Waals surface area contributed by atoms with Crippen LogP contribution in [-0.2, 0) is 0 Å². The lowest BCUT2D eigenvalue weighted by Crippen LogP contribution is -2.40. The fourth-order valence-corrected chi connectivity index (χ4v) is 1.55. The van der Waals surface area contributed by atoms with Crippen molar-refractivity contribution in [2.24, 2.45) is 0 Å². The second-order valence-corrected chi connectivity index (χ2v) is 3.61. The smallest absolute Gasteiger partial charge is 0.128 e. The van der Waals surface area contributed by atoms with Crippen molar-refractivity contribution in [2.75, 3.05) is 13.1 Å². The summed E-state index contributed by atoms with van der Waals surface area (Å²) >= 11 is 2.09. The van der Waals surface area contributed by atoms with E-state index in [0.29, 0.717) is 13.0 Å². The fraction of sp³-hybridized carbons (Fsp3) is 1.00. The van der Waals surface area contributed by atoms with Crippen LogP contribution < -0.4 is 0 Å². The highest BCUT2D eigenvalue weighted by atomic mass is 127. The van der Waals surface area contributed by atoms with Gasteiger partial charge in [-0.25, -0.2) is 7.50 Å². The maximum Gasteiger partial charge on any atom is 0.128 e. The van der Waals surface area contributed by atoms with Crippen molar-refractivity contribution in [1.29, 1.82) is 0 Å². The van der Waals surface area contributed by atoms with Crippen molar-refractivity contribution in [3.63, 3.8) is 0 Å². The molecule has 2 nitrogen and oxygen atoms in total. The summed E-state index contributed by atoms with van der Waals surface area (Å²) < 4.78 is 14.4. The lowest BCUT2D eigenvalue weighted by Gasteiger charge is -2.27. The predicted octanol–water partition coefficient (Wildman–Crippen LogP) is 0.741. The van der Waals surface area contributed by atoms with Crippen LogP contribution in [0.15, 0.2) is 0 Å². The van der Waals surface area contributed by atoms with Crippen molar-refractivity contribution < 1.29 is 9.50 Å². The molecule has 4 heteroatoms. The third-order valence-electron chi connectivity index (χ3n) is 1.45. The standard InChI is InChI=1S/C5H9FINO/c6-4-1-2-8(7)3-5(4)9/h4-5,9H,1-3H2/t4-,5+/m0/s1. The monoisotopic (exact) mass is 245 g/mol. The molecule has 54 valence electrons. The molecule has 1 aliphatic rings. The van der Waals surface area contributed by atoms with Crippen molar-refractivity contribution in [1.82, 2.24) is 3.11 Å². The van der Waals surface area contributed by atoms with Crippen molar-refractivity contribution in [3.05, 3.63) is 0 Å². The molecule has 1 aliphatic heterocycles. The predicted molar refractivity (Wildman–Crippen MR) is 41.1 cm³/mol. The number of aliphatic hydroxyl groups excluding tert-OH is 1. The van der Waals surface area contributed by atoms with E-state index < -0.39 is 12.3 Å². The van der Waals surface area contributed by atoms with Crippen LogP contribution in [0.2, 0.25) is 0 Å². The Hall–Kier alpha value is 0.580. The molecule has 0 spiro atoms. The number of β-amino-alcohol motifs (C(OH)–C–C–N with tert-alkyl or cyclic N) is 1. The molecule has 0 aromatic heterocycles. The number of piperidine rings is 1. The number of hydrogen-bond donors (Lipinski definition) is 1. The lowest BCUT2D eigenvalue weighted by molar-refractivity contribution is 0.0367. The molecular formula is C5H9FINO. The number of nitrogens with zero attached hydrogens (tertiary/aromatic N) is 1. The summed E-state index contributed by atoms with van der Waals surface area (Å²) in [5.41, 5.74) is 0. The summed E-state index contributed by atoms with van der Waals surface area (Å²) in [5.74, 6) is 0. The number of rotatable bonds is 0. The zero-order valence-electron chi connectivity index (χ0n) is 4.93. The third-order valence-corrected chi connectivity index (χ3v) is 2.33. The van der Waals surface area contributed by atoms with Crippen LogP contribution in [0.3, 0.4) is 0 Å². The molecule has 0 aromatic rings. The molecule has 1 fully saturated rings. The first kappa shape index (κ1) is 7.68. The molecule has 0 aromatic carbocycles. The Labute approximate surface area is 67.5 Å². The van der Waals surface area contributed by atoms with Crippen LogP contribution in [0.4, 0.5) is 4.39 Å². The molecule has 1 rings (SSSR count). The third kappa shape index (κ3) is 2.01. The SMILES string of the molecule is O[C@@H]1CN(I)CC[C@@H]1F. The molecule has 1 N–H and O–H groups in total. The van der Waals surface area contributed by atoms with Gasteiger partial charge in [0.2, 0.25) is 0 Å². The summed E-state index contributed by atoms with van der Waals surface area (Å²) in [6.07, 6.45) is -1.31. The highest BCUT2D eigenvalue weighted by Crippen LogP contribution is 2.16. The molecule has 1 saturated heterocycles. The van der Waals surface area contributed by atoms with Crippen molar-refractivity contribution >= 4 is 22.9 Å². The highest BCUT2D eigenvalue weighted by Gasteiger charge is 2.25. The van der Waals surface area contributed by atoms with Gasteiger partial charge in [0, 0.05) is 36.0 Å². The molecular weight excluding hydrogens is 236 g/mol. The van der Waals surface area contributed by atoms with E-state index in [0.717, 1.165) is 6.54 Å². The van der Waals surface area contributed by atoms with Crippen LogP contribution in [0.25, 0.3) is 0 Å². The zero-order valence-corrected chi connectivity index (χ0v) is 7.08. The van der Waals surface area contributed by atoms with Crippen molar-refractivity contribution in [2.45, 2.75) is 18.7 Å². The van der Waals surface area contributed by atoms with E-state index in [-0.39, 0.29) is 0 Å². The van der Waals surface area contributed by atoms with E-state index in [9.17, 15) is 4.39 Å². The average molecular weight is 245 g/mol. The van der Waals surface area contributed by atoms with Crippen LogP contribution in [0, 0.1) is 0 Å². The molecule has 1 heterocycles. The Balaban J connectivity index is 2.35. The first-order valence-corrected chi connectivity index (χ1v) is 3.89. The Bertz CT molecular complexity index is 103. The van der Waals surface area contributed by atoms with Gasteiger partial charge in [0.15, 0.2) is 0 Å². The molecule has 0 amide bonds. The maximum absolute atomic E-state index is 12.5. The maximum atomic E-state index is 12.5. The highest BCUT2D eigenvalue weighted by molar-refractivity contribution is 14.1. The van der Waals surface area contributed by atoms with Crippen molar-refractivity contribution in [3.8, 4) is 0 Å². The fourth-order valence-electron chi connectivity index (χ4n) is 0.864. The lowest BCUT2D eigenvalue weighted by atomic mass is 10.1. The number of aliphatic hydroxyl groups is 1. The topological polar surface area (TPSA) is 23.5 Å². The normalized spacial score (nSPS) is 39.0. The summed E-state index contributed by atoms with van der Waals surface area (Å²) in [5, 5.41) is 8.93. The largest absolute Gasteiger partial charge is 0.389 e. The first-order chi connectivity index (χ1) is 4.20. The Morgan fingerprint density at radius 2 is 2.33 bits per heavy atom. The average Bonchev–Trinajstić information content (AvgIpc) is 1.80. The molecule has 2 atom stereocenters. The summed E-state index contributed by atoms with van der Waals surface area (Å²) in [6.45, 7) is 1.21. The van der Waals surface area contributed by atoms with Gasteiger partial charge >= 0.3 is 0 Å². The van der Waals surface area contributed by atoms with Gasteiger partial charge in [-0.2, -0.15) is 0 Å². The van der Waals surface area contributed by atoms with E-state index in [2.05, 4.69) is 22.9 Å². The number of hydrogen-bond acceptors (Lipinski definition) is 2. The van der Waals surface area contributed by atoms with Gasteiger partial charge in [-0.15, -0.1) is 0 Å². The summed E-state index contributed by atoms with van der Waals surface area (Å²) in [6, 6.07) is 0. The van der Waals surface area contributed by atoms with E-state index in [1.807, 2.05) is 3.11 Å². The molecule has 0 unspecified atom stereocenters. The van der Waals surface area contributed by atoms with Gasteiger partial charge in [-0.05, 0) is 6.42 Å². The second kappa shape index (κ2) is 3.12. The van der Waals surface area contributed by atoms with Crippen LogP contribution in [0.5, 0.6) is 0 Å². The summed E-state index contributed by atoms with van der Waals surface area (Å²) in [4.78, 5) is 0. The van der Waals surface area contributed by atoms with Gasteiger partial charge in [0.1, 0.15) is 6.17 Å². The quantitative estimate of drug-likeness (QED) is 0.502. The van der Waals surface area contributed by atoms with E-state index >= 15 is 0 Å². The number of alkyl halides is 1. The minimum atomic E-state index is -1.00. The molecule has 0 bridgehead atoms. The van der Waals surface area contributed by atoms with Gasteiger partial charge < -0.3 is 5.11 Å². The van der Waals surface area contributed by atoms with Gasteiger partial charge in [0.25, 0.3) is 0 Å².